The number of rotatable bonds is 5. The number of hydrogen-bond acceptors (Lipinski definition) is 4. The lowest BCUT2D eigenvalue weighted by Crippen LogP contribution is -2.29. The Hall–Kier alpha value is -2.61. The molecule has 3 aromatic rings. The molecule has 0 aliphatic carbocycles. The van der Waals surface area contributed by atoms with Crippen LogP contribution in [0, 0.1) is 5.82 Å². The van der Waals surface area contributed by atoms with E-state index in [2.05, 4.69) is 9.97 Å². The van der Waals surface area contributed by atoms with Gasteiger partial charge in [0.2, 0.25) is 0 Å². The van der Waals surface area contributed by atoms with Gasteiger partial charge in [0, 0.05) is 19.3 Å². The fourth-order valence-electron chi connectivity index (χ4n) is 2.43. The van der Waals surface area contributed by atoms with Gasteiger partial charge in [0.05, 0.1) is 0 Å². The highest BCUT2D eigenvalue weighted by molar-refractivity contribution is 7.98. The first-order chi connectivity index (χ1) is 12.0. The first kappa shape index (κ1) is 17.2. The van der Waals surface area contributed by atoms with Crippen LogP contribution >= 0.6 is 11.8 Å². The lowest BCUT2D eigenvalue weighted by Gasteiger charge is -2.06. The number of thioether (sulfide) groups is 1. The highest BCUT2D eigenvalue weighted by Gasteiger charge is 2.17. The number of benzene rings is 1. The standard InChI is InChI=1S/C17H17FN4O2S/c1-3-4-9-22-13-14(21(2)16(24)20-15(13)23)19-17(22)25-10-11-5-7-12(18)8-6-11/h3-8H,9-10H2,1-2H3,(H,20,23,24). The van der Waals surface area contributed by atoms with Gasteiger partial charge in [0.1, 0.15) is 5.82 Å². The quantitative estimate of drug-likeness (QED) is 0.560. The van der Waals surface area contributed by atoms with E-state index in [0.717, 1.165) is 5.56 Å². The monoisotopic (exact) mass is 360 g/mol. The fraction of sp³-hybridized carbons (Fsp3) is 0.235. The van der Waals surface area contributed by atoms with Gasteiger partial charge in [0.25, 0.3) is 5.56 Å². The van der Waals surface area contributed by atoms with Crippen molar-refractivity contribution in [3.05, 3.63) is 68.6 Å². The van der Waals surface area contributed by atoms with Gasteiger partial charge < -0.3 is 4.57 Å². The van der Waals surface area contributed by atoms with E-state index in [0.29, 0.717) is 28.6 Å². The lowest BCUT2D eigenvalue weighted by molar-refractivity contribution is 0.627. The molecule has 3 rings (SSSR count). The zero-order chi connectivity index (χ0) is 18.0. The van der Waals surface area contributed by atoms with Crippen molar-refractivity contribution in [2.24, 2.45) is 7.05 Å². The third-order valence-corrected chi connectivity index (χ3v) is 4.82. The summed E-state index contributed by atoms with van der Waals surface area (Å²) in [7, 11) is 1.57. The fourth-order valence-corrected chi connectivity index (χ4v) is 3.39. The Labute approximate surface area is 147 Å². The molecule has 0 atom stereocenters. The molecule has 0 spiro atoms. The summed E-state index contributed by atoms with van der Waals surface area (Å²) in [6.07, 6.45) is 3.80. The molecule has 0 saturated heterocycles. The summed E-state index contributed by atoms with van der Waals surface area (Å²) in [6, 6.07) is 6.24. The molecule has 0 amide bonds. The average Bonchev–Trinajstić information content (AvgIpc) is 2.96. The predicted molar refractivity (Wildman–Crippen MR) is 96.4 cm³/mol. The van der Waals surface area contributed by atoms with E-state index in [-0.39, 0.29) is 5.82 Å². The number of aromatic amines is 1. The molecule has 0 bridgehead atoms. The molecule has 130 valence electrons. The van der Waals surface area contributed by atoms with Crippen molar-refractivity contribution in [2.45, 2.75) is 24.4 Å². The number of H-pyrrole nitrogens is 1. The Bertz CT molecular complexity index is 1050. The smallest absolute Gasteiger partial charge is 0.309 e. The van der Waals surface area contributed by atoms with E-state index < -0.39 is 11.2 Å². The maximum Gasteiger partial charge on any atom is 0.329 e. The van der Waals surface area contributed by atoms with E-state index in [1.165, 1.54) is 28.5 Å². The first-order valence-corrected chi connectivity index (χ1v) is 8.67. The Morgan fingerprint density at radius 2 is 2.00 bits per heavy atom. The van der Waals surface area contributed by atoms with E-state index in [1.54, 1.807) is 23.7 Å². The zero-order valence-electron chi connectivity index (χ0n) is 13.8. The molecule has 6 nitrogen and oxygen atoms in total. The summed E-state index contributed by atoms with van der Waals surface area (Å²) in [5.74, 6) is 0.293. The van der Waals surface area contributed by atoms with Crippen molar-refractivity contribution in [1.82, 2.24) is 19.1 Å². The summed E-state index contributed by atoms with van der Waals surface area (Å²) in [6.45, 7) is 2.37. The molecule has 0 aliphatic heterocycles. The van der Waals surface area contributed by atoms with Crippen molar-refractivity contribution in [3.8, 4) is 0 Å². The molecule has 2 aromatic heterocycles. The largest absolute Gasteiger partial charge is 0.329 e. The molecule has 0 unspecified atom stereocenters. The van der Waals surface area contributed by atoms with Crippen LogP contribution < -0.4 is 11.2 Å². The van der Waals surface area contributed by atoms with Crippen LogP contribution in [0.2, 0.25) is 0 Å². The van der Waals surface area contributed by atoms with Gasteiger partial charge in [-0.2, -0.15) is 0 Å². The molecule has 1 aromatic carbocycles. The number of imidazole rings is 1. The van der Waals surface area contributed by atoms with Crippen LogP contribution in [0.15, 0.2) is 51.2 Å². The third-order valence-electron chi connectivity index (χ3n) is 3.78. The molecule has 25 heavy (non-hydrogen) atoms. The Kier molecular flexibility index (Phi) is 4.89. The highest BCUT2D eigenvalue weighted by Crippen LogP contribution is 2.25. The number of nitrogens with zero attached hydrogens (tertiary/aromatic N) is 3. The van der Waals surface area contributed by atoms with Gasteiger partial charge in [-0.3, -0.25) is 14.3 Å². The molecule has 0 fully saturated rings. The molecular formula is C17H17FN4O2S. The summed E-state index contributed by atoms with van der Waals surface area (Å²) in [5.41, 5.74) is 0.701. The topological polar surface area (TPSA) is 72.7 Å². The highest BCUT2D eigenvalue weighted by atomic mass is 32.2. The third kappa shape index (κ3) is 3.43. The number of halogens is 1. The number of fused-ring (bicyclic) bond motifs is 1. The molecule has 0 radical (unpaired) electrons. The van der Waals surface area contributed by atoms with Gasteiger partial charge in [-0.15, -0.1) is 0 Å². The minimum absolute atomic E-state index is 0.282. The summed E-state index contributed by atoms with van der Waals surface area (Å²) in [4.78, 5) is 30.8. The van der Waals surface area contributed by atoms with Gasteiger partial charge in [0.15, 0.2) is 16.3 Å². The van der Waals surface area contributed by atoms with Gasteiger partial charge in [-0.25, -0.2) is 14.2 Å². The van der Waals surface area contributed by atoms with E-state index >= 15 is 0 Å². The van der Waals surface area contributed by atoms with Crippen molar-refractivity contribution in [2.75, 3.05) is 0 Å². The number of nitrogens with one attached hydrogen (secondary N) is 1. The van der Waals surface area contributed by atoms with Gasteiger partial charge in [-0.1, -0.05) is 36.0 Å². The maximum atomic E-state index is 13.0. The minimum atomic E-state index is -0.497. The van der Waals surface area contributed by atoms with Gasteiger partial charge >= 0.3 is 5.69 Å². The second kappa shape index (κ2) is 7.10. The molecule has 1 N–H and O–H groups in total. The van der Waals surface area contributed by atoms with Crippen LogP contribution in [0.25, 0.3) is 11.2 Å². The number of allylic oxidation sites excluding steroid dienone is 2. The number of aromatic nitrogens is 4. The van der Waals surface area contributed by atoms with Crippen molar-refractivity contribution < 1.29 is 4.39 Å². The van der Waals surface area contributed by atoms with E-state index in [1.807, 2.05) is 19.1 Å². The molecule has 0 saturated carbocycles. The van der Waals surface area contributed by atoms with Crippen LogP contribution in [0.4, 0.5) is 4.39 Å². The summed E-state index contributed by atoms with van der Waals surface area (Å²) < 4.78 is 16.1. The second-order valence-corrected chi connectivity index (χ2v) is 6.42. The van der Waals surface area contributed by atoms with E-state index in [9.17, 15) is 14.0 Å². The number of aryl methyl sites for hydroxylation is 1. The maximum absolute atomic E-state index is 13.0. The zero-order valence-corrected chi connectivity index (χ0v) is 14.6. The van der Waals surface area contributed by atoms with Gasteiger partial charge in [-0.05, 0) is 24.6 Å². The van der Waals surface area contributed by atoms with Crippen molar-refractivity contribution >= 4 is 22.9 Å². The first-order valence-electron chi connectivity index (χ1n) is 7.69. The van der Waals surface area contributed by atoms with Crippen LogP contribution in [-0.2, 0) is 19.3 Å². The predicted octanol–water partition coefficient (Wildman–Crippen LogP) is 2.43. The lowest BCUT2D eigenvalue weighted by atomic mass is 10.2. The van der Waals surface area contributed by atoms with Crippen LogP contribution in [0.1, 0.15) is 12.5 Å². The van der Waals surface area contributed by atoms with Crippen molar-refractivity contribution in [3.63, 3.8) is 0 Å². The Balaban J connectivity index is 2.05. The molecular weight excluding hydrogens is 343 g/mol. The van der Waals surface area contributed by atoms with E-state index in [4.69, 9.17) is 0 Å². The van der Waals surface area contributed by atoms with Crippen LogP contribution in [0.3, 0.4) is 0 Å². The SMILES string of the molecule is CC=CCn1c(SCc2ccc(F)cc2)nc2c1c(=O)[nH]c(=O)n2C. The normalized spacial score (nSPS) is 11.6. The molecule has 8 heteroatoms. The second-order valence-electron chi connectivity index (χ2n) is 5.48. The molecule has 2 heterocycles. The van der Waals surface area contributed by atoms with Crippen LogP contribution in [0.5, 0.6) is 0 Å². The number of hydrogen-bond donors (Lipinski definition) is 1. The summed E-state index contributed by atoms with van der Waals surface area (Å²) in [5, 5.41) is 0.629. The minimum Gasteiger partial charge on any atom is -0.309 e. The Morgan fingerprint density at radius 1 is 1.28 bits per heavy atom. The average molecular weight is 360 g/mol. The molecule has 0 aliphatic rings. The summed E-state index contributed by atoms with van der Waals surface area (Å²) >= 11 is 1.43. The van der Waals surface area contributed by atoms with Crippen molar-refractivity contribution in [1.29, 1.82) is 0 Å². The van der Waals surface area contributed by atoms with Crippen LogP contribution in [-0.4, -0.2) is 19.1 Å². The Morgan fingerprint density at radius 3 is 2.68 bits per heavy atom.